The maximum atomic E-state index is 11.9. The number of carbonyl (C=O) groups excluding carboxylic acids is 1. The SMILES string of the molecule is N#Cc1ccc(COC(=O)c2ccccc2Br)cc1. The Morgan fingerprint density at radius 2 is 1.84 bits per heavy atom. The van der Waals surface area contributed by atoms with Gasteiger partial charge < -0.3 is 4.74 Å². The number of hydrogen-bond acceptors (Lipinski definition) is 3. The first-order valence-corrected chi connectivity index (χ1v) is 6.40. The number of rotatable bonds is 3. The smallest absolute Gasteiger partial charge is 0.339 e. The van der Waals surface area contributed by atoms with E-state index in [1.165, 1.54) is 0 Å². The van der Waals surface area contributed by atoms with Crippen molar-refractivity contribution in [1.82, 2.24) is 0 Å². The predicted molar refractivity (Wildman–Crippen MR) is 74.4 cm³/mol. The summed E-state index contributed by atoms with van der Waals surface area (Å²) >= 11 is 3.31. The summed E-state index contributed by atoms with van der Waals surface area (Å²) in [6.07, 6.45) is 0. The predicted octanol–water partition coefficient (Wildman–Crippen LogP) is 3.68. The maximum Gasteiger partial charge on any atom is 0.339 e. The molecule has 94 valence electrons. The van der Waals surface area contributed by atoms with Crippen LogP contribution in [-0.2, 0) is 11.3 Å². The highest BCUT2D eigenvalue weighted by Gasteiger charge is 2.10. The van der Waals surface area contributed by atoms with Gasteiger partial charge in [-0.15, -0.1) is 0 Å². The summed E-state index contributed by atoms with van der Waals surface area (Å²) in [6, 6.07) is 16.1. The molecular formula is C15H10BrNO2. The van der Waals surface area contributed by atoms with Crippen molar-refractivity contribution in [3.8, 4) is 6.07 Å². The van der Waals surface area contributed by atoms with Crippen LogP contribution in [0.25, 0.3) is 0 Å². The van der Waals surface area contributed by atoms with Crippen molar-refractivity contribution in [3.05, 3.63) is 69.7 Å². The zero-order valence-electron chi connectivity index (χ0n) is 9.97. The third-order valence-corrected chi connectivity index (χ3v) is 3.24. The first-order chi connectivity index (χ1) is 9.20. The van der Waals surface area contributed by atoms with Gasteiger partial charge in [0.2, 0.25) is 0 Å². The minimum atomic E-state index is -0.378. The Labute approximate surface area is 119 Å². The van der Waals surface area contributed by atoms with E-state index in [1.807, 2.05) is 12.1 Å². The van der Waals surface area contributed by atoms with Gasteiger partial charge in [-0.25, -0.2) is 4.79 Å². The molecule has 0 radical (unpaired) electrons. The Balaban J connectivity index is 2.01. The molecule has 0 unspecified atom stereocenters. The molecule has 0 bridgehead atoms. The van der Waals surface area contributed by atoms with Gasteiger partial charge >= 0.3 is 5.97 Å². The summed E-state index contributed by atoms with van der Waals surface area (Å²) in [6.45, 7) is 0.186. The van der Waals surface area contributed by atoms with Crippen LogP contribution in [0, 0.1) is 11.3 Å². The number of halogens is 1. The number of esters is 1. The van der Waals surface area contributed by atoms with Gasteiger partial charge in [0, 0.05) is 4.47 Å². The van der Waals surface area contributed by atoms with Crippen LogP contribution in [0.15, 0.2) is 53.0 Å². The van der Waals surface area contributed by atoms with Gasteiger partial charge in [-0.2, -0.15) is 5.26 Å². The fraction of sp³-hybridized carbons (Fsp3) is 0.0667. The van der Waals surface area contributed by atoms with Crippen LogP contribution in [0.1, 0.15) is 21.5 Å². The monoisotopic (exact) mass is 315 g/mol. The van der Waals surface area contributed by atoms with E-state index >= 15 is 0 Å². The topological polar surface area (TPSA) is 50.1 Å². The van der Waals surface area contributed by atoms with Gasteiger partial charge in [-0.1, -0.05) is 24.3 Å². The number of ether oxygens (including phenoxy) is 1. The molecule has 0 fully saturated rings. The molecule has 0 amide bonds. The van der Waals surface area contributed by atoms with Crippen molar-refractivity contribution >= 4 is 21.9 Å². The van der Waals surface area contributed by atoms with Crippen LogP contribution in [0.3, 0.4) is 0 Å². The van der Waals surface area contributed by atoms with E-state index < -0.39 is 0 Å². The summed E-state index contributed by atoms with van der Waals surface area (Å²) in [5.74, 6) is -0.378. The molecule has 2 aromatic rings. The molecule has 0 heterocycles. The van der Waals surface area contributed by atoms with Gasteiger partial charge in [0.1, 0.15) is 6.61 Å². The molecule has 0 aromatic heterocycles. The van der Waals surface area contributed by atoms with E-state index in [2.05, 4.69) is 15.9 Å². The molecule has 3 nitrogen and oxygen atoms in total. The molecule has 0 atom stereocenters. The van der Waals surface area contributed by atoms with E-state index in [4.69, 9.17) is 10.00 Å². The highest BCUT2D eigenvalue weighted by atomic mass is 79.9. The van der Waals surface area contributed by atoms with E-state index in [9.17, 15) is 4.79 Å². The Hall–Kier alpha value is -2.12. The molecule has 0 saturated heterocycles. The first-order valence-electron chi connectivity index (χ1n) is 5.61. The summed E-state index contributed by atoms with van der Waals surface area (Å²) in [5.41, 5.74) is 1.93. The van der Waals surface area contributed by atoms with E-state index in [0.29, 0.717) is 15.6 Å². The van der Waals surface area contributed by atoms with E-state index in [0.717, 1.165) is 5.56 Å². The molecule has 2 aromatic carbocycles. The second-order valence-corrected chi connectivity index (χ2v) is 4.72. The van der Waals surface area contributed by atoms with E-state index in [-0.39, 0.29) is 12.6 Å². The average Bonchev–Trinajstić information content (AvgIpc) is 2.46. The quantitative estimate of drug-likeness (QED) is 0.812. The molecule has 0 aliphatic carbocycles. The van der Waals surface area contributed by atoms with Crippen LogP contribution in [0.2, 0.25) is 0 Å². The van der Waals surface area contributed by atoms with Gasteiger partial charge in [-0.3, -0.25) is 0 Å². The lowest BCUT2D eigenvalue weighted by Gasteiger charge is -2.06. The maximum absolute atomic E-state index is 11.9. The van der Waals surface area contributed by atoms with Crippen molar-refractivity contribution in [3.63, 3.8) is 0 Å². The third-order valence-electron chi connectivity index (χ3n) is 2.55. The van der Waals surface area contributed by atoms with Crippen molar-refractivity contribution in [2.45, 2.75) is 6.61 Å². The molecule has 2 rings (SSSR count). The van der Waals surface area contributed by atoms with Crippen molar-refractivity contribution in [2.24, 2.45) is 0 Å². The summed E-state index contributed by atoms with van der Waals surface area (Å²) in [5, 5.41) is 8.69. The van der Waals surface area contributed by atoms with Crippen molar-refractivity contribution in [1.29, 1.82) is 5.26 Å². The largest absolute Gasteiger partial charge is 0.457 e. The zero-order valence-corrected chi connectivity index (χ0v) is 11.6. The fourth-order valence-electron chi connectivity index (χ4n) is 1.53. The molecule has 0 spiro atoms. The fourth-order valence-corrected chi connectivity index (χ4v) is 1.98. The first kappa shape index (κ1) is 13.3. The number of nitriles is 1. The standard InChI is InChI=1S/C15H10BrNO2/c16-14-4-2-1-3-13(14)15(18)19-10-12-7-5-11(9-17)6-8-12/h1-8H,10H2. The Morgan fingerprint density at radius 3 is 2.47 bits per heavy atom. The lowest BCUT2D eigenvalue weighted by Crippen LogP contribution is -2.05. The van der Waals surface area contributed by atoms with Crippen LogP contribution < -0.4 is 0 Å². The average molecular weight is 316 g/mol. The lowest BCUT2D eigenvalue weighted by atomic mass is 10.1. The highest BCUT2D eigenvalue weighted by Crippen LogP contribution is 2.17. The van der Waals surface area contributed by atoms with Gasteiger partial charge in [0.05, 0.1) is 17.2 Å². The molecule has 0 saturated carbocycles. The number of benzene rings is 2. The van der Waals surface area contributed by atoms with Crippen LogP contribution >= 0.6 is 15.9 Å². The molecule has 19 heavy (non-hydrogen) atoms. The molecule has 0 aliphatic rings. The van der Waals surface area contributed by atoms with Crippen LogP contribution in [0.4, 0.5) is 0 Å². The van der Waals surface area contributed by atoms with Gasteiger partial charge in [0.25, 0.3) is 0 Å². The Morgan fingerprint density at radius 1 is 1.16 bits per heavy atom. The molecule has 4 heteroatoms. The van der Waals surface area contributed by atoms with Gasteiger partial charge in [-0.05, 0) is 45.8 Å². The minimum absolute atomic E-state index is 0.186. The summed E-state index contributed by atoms with van der Waals surface area (Å²) < 4.78 is 5.92. The number of hydrogen-bond donors (Lipinski definition) is 0. The normalized spacial score (nSPS) is 9.68. The Bertz CT molecular complexity index is 629. The number of nitrogens with zero attached hydrogens (tertiary/aromatic N) is 1. The molecular weight excluding hydrogens is 306 g/mol. The molecule has 0 aliphatic heterocycles. The summed E-state index contributed by atoms with van der Waals surface area (Å²) in [7, 11) is 0. The number of carbonyl (C=O) groups is 1. The van der Waals surface area contributed by atoms with Crippen LogP contribution in [0.5, 0.6) is 0 Å². The molecule has 0 N–H and O–H groups in total. The summed E-state index contributed by atoms with van der Waals surface area (Å²) in [4.78, 5) is 11.9. The zero-order chi connectivity index (χ0) is 13.7. The second kappa shape index (κ2) is 6.17. The van der Waals surface area contributed by atoms with Crippen molar-refractivity contribution < 1.29 is 9.53 Å². The highest BCUT2D eigenvalue weighted by molar-refractivity contribution is 9.10. The Kier molecular flexibility index (Phi) is 4.32. The lowest BCUT2D eigenvalue weighted by molar-refractivity contribution is 0.0471. The van der Waals surface area contributed by atoms with E-state index in [1.54, 1.807) is 42.5 Å². The van der Waals surface area contributed by atoms with Crippen LogP contribution in [-0.4, -0.2) is 5.97 Å². The second-order valence-electron chi connectivity index (χ2n) is 3.86. The van der Waals surface area contributed by atoms with Crippen molar-refractivity contribution in [2.75, 3.05) is 0 Å². The van der Waals surface area contributed by atoms with Gasteiger partial charge in [0.15, 0.2) is 0 Å². The third kappa shape index (κ3) is 3.43. The minimum Gasteiger partial charge on any atom is -0.457 e.